The highest BCUT2D eigenvalue weighted by molar-refractivity contribution is 6.14. The molecule has 6 aromatic heterocycles. The lowest BCUT2D eigenvalue weighted by atomic mass is 9.87. The number of aryl methyl sites for hydroxylation is 4. The number of fused-ring (bicyclic) bond motifs is 15. The number of rotatable bonds is 13. The fraction of sp³-hybridized carbons (Fsp3) is 0.270. The first-order chi connectivity index (χ1) is 59.7. The Hall–Kier alpha value is -12.7. The van der Waals surface area contributed by atoms with Gasteiger partial charge in [-0.3, -0.25) is 0 Å². The van der Waals surface area contributed by atoms with E-state index in [2.05, 4.69) is 442 Å². The van der Waals surface area contributed by atoms with Crippen molar-refractivity contribution < 1.29 is 22.7 Å². The van der Waals surface area contributed by atoms with Crippen LogP contribution in [-0.2, 0) is 32.6 Å². The summed E-state index contributed by atoms with van der Waals surface area (Å²) < 4.78 is 25.9. The third-order valence-corrected chi connectivity index (χ3v) is 26.4. The lowest BCUT2D eigenvalue weighted by molar-refractivity contribution is -0.671. The zero-order valence-electron chi connectivity index (χ0n) is 76.0. The average molecular weight is 1630 g/mol. The molecule has 0 atom stereocenters. The van der Waals surface area contributed by atoms with Gasteiger partial charge in [0.15, 0.2) is 5.69 Å². The summed E-state index contributed by atoms with van der Waals surface area (Å²) in [5, 5.41) is 6.59. The Bertz CT molecular complexity index is 7150. The van der Waals surface area contributed by atoms with Crippen LogP contribution in [0, 0.1) is 33.1 Å². The van der Waals surface area contributed by atoms with Gasteiger partial charge >= 0.3 is 0 Å². The monoisotopic (exact) mass is 1630 g/mol. The second-order valence-electron chi connectivity index (χ2n) is 38.7. The number of hydrogen-bond donors (Lipinski definition) is 0. The Balaban J connectivity index is 0.000000108. The van der Waals surface area contributed by atoms with Gasteiger partial charge in [-0.2, -0.15) is 18.1 Å². The minimum atomic E-state index is 0.270. The summed E-state index contributed by atoms with van der Waals surface area (Å²) in [7, 11) is 0. The number of nitrogens with zero attached hydrogens (tertiary/aromatic N) is 8. The second-order valence-corrected chi connectivity index (χ2v) is 38.7. The van der Waals surface area contributed by atoms with Crippen molar-refractivity contribution in [3.63, 3.8) is 0 Å². The van der Waals surface area contributed by atoms with Gasteiger partial charge in [-0.1, -0.05) is 279 Å². The molecule has 0 radical (unpaired) electrons. The standard InChI is InChI=1S/C30H33N2.C29H29N2.C28H27N2O.C28H29N2/c1-19(2)27-16-25(24-14-21(5)13-22(6)15-24)17-28(20(3)4)29(27)32-12-11-31-18-23-9-7-8-10-26(23)30(31)32;1-18-8-6-9-19(2)26(18)25-17-30-16-21-10-7-11-22-23-14-20(15-29(3,4)5)12-13-24(23)31(25)28(30)27(21)22;1-17(2)22-15-23-21-11-7-8-12-24(21)31-27(23)25(18(3)4)26(22)30-14-13-29-16-19-9-5-6-10-20(19)28(29)30;1-19(2)25-16-23(21-10-6-5-7-11-21)17-26(20(3)4)27(25)30-15-14-29-18-22-12-8-9-13-24(22)28(29)30/h7-17,19-20H,18H2,1-6H3;6-14,17H,15-16H2,1-5H3;5-15,17-18H,16H2,1-4H3;5-17,19-20H,18H2,1-4H3/q4*+1. The van der Waals surface area contributed by atoms with E-state index in [0.29, 0.717) is 35.5 Å². The van der Waals surface area contributed by atoms with Crippen molar-refractivity contribution in [1.82, 2.24) is 18.1 Å². The Morgan fingerprint density at radius 1 is 0.363 bits per heavy atom. The van der Waals surface area contributed by atoms with Crippen LogP contribution < -0.4 is 18.3 Å². The van der Waals surface area contributed by atoms with E-state index in [0.717, 1.165) is 43.8 Å². The molecule has 0 amide bonds. The van der Waals surface area contributed by atoms with Crippen molar-refractivity contribution >= 4 is 49.3 Å². The third-order valence-electron chi connectivity index (χ3n) is 26.4. The minimum absolute atomic E-state index is 0.270. The van der Waals surface area contributed by atoms with Crippen LogP contribution in [-0.4, -0.2) is 18.1 Å². The summed E-state index contributed by atoms with van der Waals surface area (Å²) in [6.07, 6.45) is 16.9. The molecule has 0 N–H and O–H groups in total. The minimum Gasteiger partial charge on any atom is -0.456 e. The smallest absolute Gasteiger partial charge is 0.295 e. The van der Waals surface area contributed by atoms with Gasteiger partial charge in [0.1, 0.15) is 103 Å². The topological polar surface area (TPSA) is 47.9 Å². The lowest BCUT2D eigenvalue weighted by Gasteiger charge is -2.20. The van der Waals surface area contributed by atoms with E-state index in [4.69, 9.17) is 4.42 Å². The van der Waals surface area contributed by atoms with E-state index < -0.39 is 0 Å². The van der Waals surface area contributed by atoms with Crippen LogP contribution in [0.4, 0.5) is 0 Å². The van der Waals surface area contributed by atoms with Gasteiger partial charge in [-0.05, 0) is 181 Å². The van der Waals surface area contributed by atoms with E-state index in [9.17, 15) is 0 Å². The van der Waals surface area contributed by atoms with Crippen LogP contribution in [0.2, 0.25) is 0 Å². The fourth-order valence-electron chi connectivity index (χ4n) is 20.8. The van der Waals surface area contributed by atoms with E-state index in [1.165, 1.54) is 206 Å². The zero-order valence-corrected chi connectivity index (χ0v) is 76.0. The van der Waals surface area contributed by atoms with Crippen LogP contribution in [0.25, 0.3) is 134 Å². The Labute approximate surface area is 732 Å². The van der Waals surface area contributed by atoms with Crippen LogP contribution >= 0.6 is 0 Å². The van der Waals surface area contributed by atoms with Crippen molar-refractivity contribution in [2.45, 2.75) is 200 Å². The molecule has 0 fully saturated rings. The lowest BCUT2D eigenvalue weighted by Crippen LogP contribution is -2.30. The number of benzene rings is 12. The first-order valence-corrected chi connectivity index (χ1v) is 45.3. The molecule has 12 aromatic carbocycles. The summed E-state index contributed by atoms with van der Waals surface area (Å²) >= 11 is 0. The van der Waals surface area contributed by atoms with Crippen molar-refractivity contribution in [2.75, 3.05) is 0 Å². The summed E-state index contributed by atoms with van der Waals surface area (Å²) in [4.78, 5) is 0. The van der Waals surface area contributed by atoms with Crippen LogP contribution in [0.15, 0.2) is 278 Å². The number of aromatic nitrogens is 8. The van der Waals surface area contributed by atoms with Crippen LogP contribution in [0.3, 0.4) is 0 Å². The Kier molecular flexibility index (Phi) is 20.8. The van der Waals surface area contributed by atoms with Gasteiger partial charge in [0.25, 0.3) is 23.1 Å². The van der Waals surface area contributed by atoms with Crippen molar-refractivity contribution in [2.24, 2.45) is 5.41 Å². The molecule has 124 heavy (non-hydrogen) atoms. The molecule has 9 heteroatoms. The highest BCUT2D eigenvalue weighted by atomic mass is 16.3. The average Bonchev–Trinajstić information content (AvgIpc) is 1.84. The number of para-hydroxylation sites is 1. The number of furan rings is 1. The van der Waals surface area contributed by atoms with Crippen molar-refractivity contribution in [3.05, 3.63) is 357 Å². The second kappa shape index (κ2) is 31.9. The maximum atomic E-state index is 6.49. The number of hydrogen-bond acceptors (Lipinski definition) is 1. The molecule has 18 aromatic rings. The predicted molar refractivity (Wildman–Crippen MR) is 513 cm³/mol. The van der Waals surface area contributed by atoms with Crippen molar-refractivity contribution in [3.8, 4) is 84.7 Å². The molecule has 0 bridgehead atoms. The molecular formula is C115H118N8O+4. The van der Waals surface area contributed by atoms with E-state index in [1.807, 2.05) is 0 Å². The largest absolute Gasteiger partial charge is 0.456 e. The SMILES string of the molecule is CC(C)c1cc(-c2ccccc2)cc(C(C)C)c1-n1cc[n+]2c1-c1ccccc1C2.CC(C)c1cc2c(oc3ccccc32)c(C(C)C)c1-n1cc[n+]2c1-c1ccccc1C2.Cc1cc(C)cc(-c2cc(C(C)C)c(-n3cc[n+]4c3-c3ccccc3C4)c(C(C)C)c2)c1.Cc1cccc(C)c1-c1c[n+]2c3c4c(cccc4c4cc(CC(C)(C)C)ccc4n13)C2. The van der Waals surface area contributed by atoms with E-state index in [-0.39, 0.29) is 5.41 Å². The summed E-state index contributed by atoms with van der Waals surface area (Å²) in [6.45, 7) is 47.2. The highest BCUT2D eigenvalue weighted by Gasteiger charge is 2.39. The molecule has 9 nitrogen and oxygen atoms in total. The molecule has 620 valence electrons. The quantitative estimate of drug-likeness (QED) is 0.0838. The Morgan fingerprint density at radius 3 is 1.29 bits per heavy atom. The maximum Gasteiger partial charge on any atom is 0.295 e. The molecule has 0 spiro atoms. The van der Waals surface area contributed by atoms with Gasteiger partial charge in [-0.15, -0.1) is 0 Å². The predicted octanol–water partition coefficient (Wildman–Crippen LogP) is 27.7. The van der Waals surface area contributed by atoms with E-state index >= 15 is 0 Å². The summed E-state index contributed by atoms with van der Waals surface area (Å²) in [5.41, 5.74) is 41.4. The molecule has 0 saturated heterocycles. The molecular weight excluding hydrogens is 1510 g/mol. The number of pyridine rings is 1. The maximum absolute atomic E-state index is 6.49. The van der Waals surface area contributed by atoms with Gasteiger partial charge in [0, 0.05) is 82.7 Å². The first kappa shape index (κ1) is 81.0. The third kappa shape index (κ3) is 14.2. The zero-order chi connectivity index (χ0) is 86.2. The van der Waals surface area contributed by atoms with E-state index in [1.54, 1.807) is 0 Å². The van der Waals surface area contributed by atoms with Gasteiger partial charge < -0.3 is 4.42 Å². The highest BCUT2D eigenvalue weighted by Crippen LogP contribution is 2.47. The molecule has 0 unspecified atom stereocenters. The normalized spacial score (nSPS) is 12.8. The van der Waals surface area contributed by atoms with Gasteiger partial charge in [0.05, 0.1) is 22.1 Å². The fourth-order valence-corrected chi connectivity index (χ4v) is 20.8. The van der Waals surface area contributed by atoms with Crippen molar-refractivity contribution in [1.29, 1.82) is 0 Å². The molecule has 4 aliphatic rings. The Morgan fingerprint density at radius 2 is 0.790 bits per heavy atom. The molecule has 22 rings (SSSR count). The molecule has 4 aliphatic heterocycles. The van der Waals surface area contributed by atoms with Gasteiger partial charge in [0.2, 0.25) is 0 Å². The van der Waals surface area contributed by atoms with Crippen LogP contribution in [0.5, 0.6) is 0 Å². The van der Waals surface area contributed by atoms with Crippen LogP contribution in [0.1, 0.15) is 223 Å². The summed E-state index contributed by atoms with van der Waals surface area (Å²) in [6, 6.07) is 85.0. The van der Waals surface area contributed by atoms with Gasteiger partial charge in [-0.25, -0.2) is 18.3 Å². The molecule has 10 heterocycles. The summed E-state index contributed by atoms with van der Waals surface area (Å²) in [5.74, 6) is 6.28. The molecule has 0 saturated carbocycles. The first-order valence-electron chi connectivity index (χ1n) is 45.3. The number of imidazole rings is 4. The molecule has 0 aliphatic carbocycles.